The molecule has 0 atom stereocenters. The van der Waals surface area contributed by atoms with Crippen molar-refractivity contribution in [1.29, 1.82) is 0 Å². The molecule has 16 heavy (non-hydrogen) atoms. The molecule has 1 saturated heterocycles. The van der Waals surface area contributed by atoms with Crippen molar-refractivity contribution in [3.05, 3.63) is 0 Å². The van der Waals surface area contributed by atoms with Crippen LogP contribution in [0.4, 0.5) is 0 Å². The zero-order valence-corrected chi connectivity index (χ0v) is 11.0. The van der Waals surface area contributed by atoms with E-state index in [1.807, 2.05) is 20.8 Å². The lowest BCUT2D eigenvalue weighted by Gasteiger charge is -2.47. The molecule has 0 aromatic rings. The van der Waals surface area contributed by atoms with Gasteiger partial charge in [0.05, 0.1) is 0 Å². The molecule has 2 aliphatic rings. The van der Waals surface area contributed by atoms with Gasteiger partial charge in [0.15, 0.2) is 0 Å². The van der Waals surface area contributed by atoms with Crippen LogP contribution >= 0.6 is 0 Å². The van der Waals surface area contributed by atoms with E-state index in [1.165, 1.54) is 4.31 Å². The van der Waals surface area contributed by atoms with Gasteiger partial charge in [-0.3, -0.25) is 0 Å². The average molecular weight is 247 g/mol. The van der Waals surface area contributed by atoms with Crippen LogP contribution in [0.2, 0.25) is 0 Å². The first-order valence-electron chi connectivity index (χ1n) is 5.70. The Bertz CT molecular complexity index is 375. The number of rotatable bonds is 3. The van der Waals surface area contributed by atoms with Gasteiger partial charge in [-0.05, 0) is 39.5 Å². The van der Waals surface area contributed by atoms with Gasteiger partial charge in [-0.2, -0.15) is 17.4 Å². The van der Waals surface area contributed by atoms with Crippen LogP contribution in [-0.2, 0) is 10.2 Å². The van der Waals surface area contributed by atoms with Gasteiger partial charge in [0.2, 0.25) is 0 Å². The van der Waals surface area contributed by atoms with Gasteiger partial charge < -0.3 is 5.73 Å². The topological polar surface area (TPSA) is 75.4 Å². The second-order valence-corrected chi connectivity index (χ2v) is 7.80. The summed E-state index contributed by atoms with van der Waals surface area (Å²) >= 11 is 0. The molecule has 0 spiro atoms. The molecule has 0 aromatic heterocycles. The largest absolute Gasteiger partial charge is 0.323 e. The minimum atomic E-state index is -3.35. The van der Waals surface area contributed by atoms with Crippen molar-refractivity contribution in [1.82, 2.24) is 9.03 Å². The lowest BCUT2D eigenvalue weighted by atomic mass is 9.88. The molecule has 0 bridgehead atoms. The van der Waals surface area contributed by atoms with E-state index in [-0.39, 0.29) is 5.54 Å². The van der Waals surface area contributed by atoms with Gasteiger partial charge >= 0.3 is 0 Å². The van der Waals surface area contributed by atoms with E-state index in [4.69, 9.17) is 5.73 Å². The first-order chi connectivity index (χ1) is 7.12. The third kappa shape index (κ3) is 2.40. The standard InChI is InChI=1S/C10H21N3O2S/c1-9(2,3)12-16(14,15)13-6-10(11,7-13)8-4-5-8/h8,12H,4-7,11H2,1-3H3. The molecule has 2 rings (SSSR count). The molecule has 5 nitrogen and oxygen atoms in total. The van der Waals surface area contributed by atoms with Gasteiger partial charge in [-0.25, -0.2) is 0 Å². The Balaban J connectivity index is 1.95. The lowest BCUT2D eigenvalue weighted by Crippen LogP contribution is -2.71. The highest BCUT2D eigenvalue weighted by molar-refractivity contribution is 7.87. The highest BCUT2D eigenvalue weighted by Gasteiger charge is 2.53. The van der Waals surface area contributed by atoms with Crippen LogP contribution in [0.1, 0.15) is 33.6 Å². The zero-order chi connectivity index (χ0) is 12.2. The maximum absolute atomic E-state index is 11.9. The minimum Gasteiger partial charge on any atom is -0.323 e. The molecule has 94 valence electrons. The normalized spacial score (nSPS) is 26.5. The van der Waals surface area contributed by atoms with Gasteiger partial charge in [-0.1, -0.05) is 0 Å². The first kappa shape index (κ1) is 12.3. The Morgan fingerprint density at radius 1 is 1.31 bits per heavy atom. The molecular formula is C10H21N3O2S. The van der Waals surface area contributed by atoms with E-state index >= 15 is 0 Å². The van der Waals surface area contributed by atoms with Gasteiger partial charge in [0.25, 0.3) is 10.2 Å². The van der Waals surface area contributed by atoms with E-state index in [0.717, 1.165) is 12.8 Å². The van der Waals surface area contributed by atoms with Crippen molar-refractivity contribution in [2.75, 3.05) is 13.1 Å². The van der Waals surface area contributed by atoms with Crippen molar-refractivity contribution in [2.45, 2.75) is 44.7 Å². The molecule has 1 saturated carbocycles. The van der Waals surface area contributed by atoms with E-state index in [9.17, 15) is 8.42 Å². The summed E-state index contributed by atoms with van der Waals surface area (Å²) in [4.78, 5) is 0. The molecule has 2 fully saturated rings. The van der Waals surface area contributed by atoms with Crippen LogP contribution in [0.3, 0.4) is 0 Å². The van der Waals surface area contributed by atoms with Crippen molar-refractivity contribution in [3.8, 4) is 0 Å². The quantitative estimate of drug-likeness (QED) is 0.739. The Labute approximate surface area is 97.6 Å². The monoisotopic (exact) mass is 247 g/mol. The molecule has 3 N–H and O–H groups in total. The molecular weight excluding hydrogens is 226 g/mol. The van der Waals surface area contributed by atoms with E-state index < -0.39 is 15.7 Å². The zero-order valence-electron chi connectivity index (χ0n) is 10.2. The predicted molar refractivity (Wildman–Crippen MR) is 63.0 cm³/mol. The highest BCUT2D eigenvalue weighted by atomic mass is 32.2. The summed E-state index contributed by atoms with van der Waals surface area (Å²) in [6.07, 6.45) is 2.30. The lowest BCUT2D eigenvalue weighted by molar-refractivity contribution is 0.132. The number of hydrogen-bond acceptors (Lipinski definition) is 3. The summed E-state index contributed by atoms with van der Waals surface area (Å²) in [5.41, 5.74) is 5.43. The van der Waals surface area contributed by atoms with Crippen LogP contribution in [0.5, 0.6) is 0 Å². The fraction of sp³-hybridized carbons (Fsp3) is 1.00. The minimum absolute atomic E-state index is 0.257. The van der Waals surface area contributed by atoms with Crippen LogP contribution in [0.25, 0.3) is 0 Å². The van der Waals surface area contributed by atoms with Crippen molar-refractivity contribution in [3.63, 3.8) is 0 Å². The molecule has 0 aromatic carbocycles. The number of hydrogen-bond donors (Lipinski definition) is 2. The Kier molecular flexibility index (Phi) is 2.62. The summed E-state index contributed by atoms with van der Waals surface area (Å²) in [6.45, 7) is 6.43. The molecule has 6 heteroatoms. The number of nitrogens with two attached hydrogens (primary N) is 1. The molecule has 0 amide bonds. The second kappa shape index (κ2) is 3.41. The van der Waals surface area contributed by atoms with E-state index in [0.29, 0.717) is 19.0 Å². The molecule has 0 unspecified atom stereocenters. The second-order valence-electron chi connectivity index (χ2n) is 6.13. The highest BCUT2D eigenvalue weighted by Crippen LogP contribution is 2.43. The van der Waals surface area contributed by atoms with Gasteiger partial charge in [0.1, 0.15) is 0 Å². The summed E-state index contributed by atoms with van der Waals surface area (Å²) in [7, 11) is -3.35. The summed E-state index contributed by atoms with van der Waals surface area (Å²) < 4.78 is 27.9. The Morgan fingerprint density at radius 2 is 1.81 bits per heavy atom. The predicted octanol–water partition coefficient (Wildman–Crippen LogP) is 0.0424. The van der Waals surface area contributed by atoms with Crippen molar-refractivity contribution < 1.29 is 8.42 Å². The van der Waals surface area contributed by atoms with Crippen molar-refractivity contribution >= 4 is 10.2 Å². The maximum atomic E-state index is 11.9. The van der Waals surface area contributed by atoms with Crippen LogP contribution in [0, 0.1) is 5.92 Å². The summed E-state index contributed by atoms with van der Waals surface area (Å²) in [5, 5.41) is 0. The van der Waals surface area contributed by atoms with Gasteiger partial charge in [0, 0.05) is 24.2 Å². The Morgan fingerprint density at radius 3 is 2.19 bits per heavy atom. The van der Waals surface area contributed by atoms with E-state index in [2.05, 4.69) is 4.72 Å². The first-order valence-corrected chi connectivity index (χ1v) is 7.14. The molecule has 1 aliphatic carbocycles. The Hall–Kier alpha value is -0.170. The van der Waals surface area contributed by atoms with E-state index in [1.54, 1.807) is 0 Å². The third-order valence-electron chi connectivity index (χ3n) is 3.11. The molecule has 1 heterocycles. The number of nitrogens with zero attached hydrogens (tertiary/aromatic N) is 1. The summed E-state index contributed by atoms with van der Waals surface area (Å²) in [6, 6.07) is 0. The van der Waals surface area contributed by atoms with Crippen LogP contribution in [-0.4, -0.2) is 36.9 Å². The van der Waals surface area contributed by atoms with Gasteiger partial charge in [-0.15, -0.1) is 0 Å². The molecule has 1 aliphatic heterocycles. The smallest absolute Gasteiger partial charge is 0.280 e. The average Bonchev–Trinajstić information content (AvgIpc) is 2.74. The van der Waals surface area contributed by atoms with Crippen LogP contribution in [0.15, 0.2) is 0 Å². The van der Waals surface area contributed by atoms with Crippen LogP contribution < -0.4 is 10.5 Å². The fourth-order valence-electron chi connectivity index (χ4n) is 2.15. The number of nitrogens with one attached hydrogen (secondary N) is 1. The SMILES string of the molecule is CC(C)(C)NS(=O)(=O)N1CC(N)(C2CC2)C1. The summed E-state index contributed by atoms with van der Waals surface area (Å²) in [5.74, 6) is 0.536. The fourth-order valence-corrected chi connectivity index (χ4v) is 3.87. The third-order valence-corrected chi connectivity index (χ3v) is 4.92. The maximum Gasteiger partial charge on any atom is 0.280 e. The molecule has 0 radical (unpaired) electrons. The van der Waals surface area contributed by atoms with Crippen molar-refractivity contribution in [2.24, 2.45) is 11.7 Å².